The van der Waals surface area contributed by atoms with Gasteiger partial charge in [-0.15, -0.1) is 0 Å². The predicted molar refractivity (Wildman–Crippen MR) is 299 cm³/mol. The highest BCUT2D eigenvalue weighted by Crippen LogP contribution is 2.61. The SMILES string of the molecule is O=P1(O)Oc2c3cc4ccccc4c2-c2c(c(cc4ccccc24)-c2ccc(cc2)OCCOCCOCCOCCOCCOCCOCC=CCOCCOCCOCCOCCOCCOCCOc2ccc-3cc2)O1. The molecule has 0 fully saturated rings. The number of ether oxygens (including phenoxy) is 14. The molecule has 18 nitrogen and oxygen atoms in total. The van der Waals surface area contributed by atoms with Crippen LogP contribution in [-0.4, -0.2) is 177 Å². The van der Waals surface area contributed by atoms with E-state index in [0.29, 0.717) is 206 Å². The van der Waals surface area contributed by atoms with Crippen molar-refractivity contribution in [2.45, 2.75) is 0 Å². The van der Waals surface area contributed by atoms with Gasteiger partial charge in [0, 0.05) is 22.3 Å². The van der Waals surface area contributed by atoms with Crippen LogP contribution in [0.15, 0.2) is 121 Å². The summed E-state index contributed by atoms with van der Waals surface area (Å²) in [5.74, 6) is 1.74. The van der Waals surface area contributed by atoms with Crippen molar-refractivity contribution < 1.29 is 84.8 Å². The molecule has 0 radical (unpaired) electrons. The smallest absolute Gasteiger partial charge is 0.491 e. The highest BCUT2D eigenvalue weighted by Gasteiger charge is 2.37. The number of phosphoric ester groups is 1. The van der Waals surface area contributed by atoms with Crippen molar-refractivity contribution in [3.8, 4) is 56.4 Å². The summed E-state index contributed by atoms with van der Waals surface area (Å²) in [5, 5.41) is 3.48. The molecule has 1 N–H and O–H groups in total. The van der Waals surface area contributed by atoms with E-state index in [9.17, 15) is 9.46 Å². The van der Waals surface area contributed by atoms with Gasteiger partial charge in [-0.3, -0.25) is 4.89 Å². The minimum Gasteiger partial charge on any atom is -0.491 e. The van der Waals surface area contributed by atoms with Crippen LogP contribution in [0.4, 0.5) is 0 Å². The molecule has 10 bridgehead atoms. The van der Waals surface area contributed by atoms with Crippen LogP contribution < -0.4 is 18.5 Å². The van der Waals surface area contributed by atoms with E-state index in [1.54, 1.807) is 0 Å². The lowest BCUT2D eigenvalue weighted by atomic mass is 9.86. The van der Waals surface area contributed by atoms with E-state index in [1.807, 2.05) is 121 Å². The number of fused-ring (bicyclic) bond motifs is 4. The first-order valence-electron chi connectivity index (χ1n) is 26.9. The van der Waals surface area contributed by atoms with Gasteiger partial charge in [0.1, 0.15) is 36.2 Å². The van der Waals surface area contributed by atoms with Crippen LogP contribution in [0, 0.1) is 0 Å². The van der Waals surface area contributed by atoms with E-state index in [4.69, 9.17) is 75.4 Å². The van der Waals surface area contributed by atoms with Crippen molar-refractivity contribution in [2.24, 2.45) is 0 Å². The van der Waals surface area contributed by atoms with Crippen molar-refractivity contribution in [1.82, 2.24) is 0 Å². The molecule has 0 saturated heterocycles. The lowest BCUT2D eigenvalue weighted by molar-refractivity contribution is -0.0171. The Kier molecular flexibility index (Phi) is 25.6. The van der Waals surface area contributed by atoms with Gasteiger partial charge in [0.15, 0.2) is 0 Å². The zero-order valence-electron chi connectivity index (χ0n) is 44.8. The summed E-state index contributed by atoms with van der Waals surface area (Å²) < 4.78 is 106. The Bertz CT molecular complexity index is 2610. The number of hydrogen-bond donors (Lipinski definition) is 1. The molecule has 4 aliphatic heterocycles. The summed E-state index contributed by atoms with van der Waals surface area (Å²) in [7, 11) is -4.78. The zero-order valence-corrected chi connectivity index (χ0v) is 45.7. The molecule has 6 aromatic rings. The second-order valence-corrected chi connectivity index (χ2v) is 19.1. The van der Waals surface area contributed by atoms with Gasteiger partial charge >= 0.3 is 7.82 Å². The van der Waals surface area contributed by atoms with Crippen molar-refractivity contribution in [3.63, 3.8) is 0 Å². The Hall–Kier alpha value is -5.51. The fourth-order valence-electron chi connectivity index (χ4n) is 8.56. The predicted octanol–water partition coefficient (Wildman–Crippen LogP) is 9.39. The molecule has 0 aromatic heterocycles. The Labute approximate surface area is 462 Å². The van der Waals surface area contributed by atoms with Crippen LogP contribution in [0.3, 0.4) is 0 Å². The van der Waals surface area contributed by atoms with E-state index in [2.05, 4.69) is 0 Å². The summed E-state index contributed by atoms with van der Waals surface area (Å²) in [4.78, 5) is 11.6. The molecule has 19 heteroatoms. The Morgan fingerprint density at radius 3 is 0.924 bits per heavy atom. The summed E-state index contributed by atoms with van der Waals surface area (Å²) in [6.07, 6.45) is 3.84. The fourth-order valence-corrected chi connectivity index (χ4v) is 9.44. The fraction of sp³-hybridized carbons (Fsp3) is 0.433. The van der Waals surface area contributed by atoms with Crippen LogP contribution in [0.2, 0.25) is 0 Å². The molecular weight excluding hydrogens is 1040 g/mol. The van der Waals surface area contributed by atoms with Crippen LogP contribution in [0.25, 0.3) is 54.9 Å². The molecule has 0 unspecified atom stereocenters. The van der Waals surface area contributed by atoms with Crippen LogP contribution in [-0.2, 0) is 61.4 Å². The average molecular weight is 1110 g/mol. The quantitative estimate of drug-likeness (QED) is 0.112. The Morgan fingerprint density at radius 1 is 0.329 bits per heavy atom. The Morgan fingerprint density at radius 2 is 0.608 bits per heavy atom. The number of benzene rings is 6. The van der Waals surface area contributed by atoms with E-state index >= 15 is 0 Å². The highest BCUT2D eigenvalue weighted by atomic mass is 31.2. The normalized spacial score (nSPS) is 19.1. The minimum atomic E-state index is -4.78. The van der Waals surface area contributed by atoms with Gasteiger partial charge in [-0.25, -0.2) is 4.57 Å². The molecule has 4 heterocycles. The highest BCUT2D eigenvalue weighted by molar-refractivity contribution is 7.48. The largest absolute Gasteiger partial charge is 0.584 e. The lowest BCUT2D eigenvalue weighted by Crippen LogP contribution is -2.14. The summed E-state index contributed by atoms with van der Waals surface area (Å²) >= 11 is 0. The number of hydrogen-bond acceptors (Lipinski definition) is 17. The molecule has 4 aliphatic rings. The van der Waals surface area contributed by atoms with E-state index < -0.39 is 7.82 Å². The standard InChI is InChI=1S/C60H73O18P/c61-79(62)77-59-55-45-49-7-1-3-9-53(49)57(59)58-54-10-4-2-8-50(54)46-56(60(58)78-79)48-13-17-52(18-14-48)76-44-42-74-40-38-72-36-34-70-32-30-68-28-26-66-24-22-64-20-6-5-19-63-21-23-65-25-27-67-29-31-69-33-35-71-37-39-73-41-43-75-51-15-11-47(55)12-16-51/h1-18,45-46H,19-44H2,(H,61,62). The first-order valence-corrected chi connectivity index (χ1v) is 28.4. The molecule has 0 aliphatic carbocycles. The molecule has 6 aromatic carbocycles. The van der Waals surface area contributed by atoms with E-state index in [0.717, 1.165) is 32.7 Å². The van der Waals surface area contributed by atoms with Gasteiger partial charge in [-0.2, -0.15) is 0 Å². The molecule has 0 amide bonds. The third kappa shape index (κ3) is 19.6. The second kappa shape index (κ2) is 33.9. The lowest BCUT2D eigenvalue weighted by Gasteiger charge is -2.19. The van der Waals surface area contributed by atoms with Gasteiger partial charge < -0.3 is 75.4 Å². The van der Waals surface area contributed by atoms with Gasteiger partial charge in [-0.05, 0) is 69.1 Å². The monoisotopic (exact) mass is 1110 g/mol. The number of rotatable bonds is 0. The maximum Gasteiger partial charge on any atom is 0.584 e. The zero-order chi connectivity index (χ0) is 54.4. The van der Waals surface area contributed by atoms with Gasteiger partial charge in [0.05, 0.1) is 159 Å². The van der Waals surface area contributed by atoms with Crippen molar-refractivity contribution >= 4 is 29.4 Å². The van der Waals surface area contributed by atoms with E-state index in [-0.39, 0.29) is 11.5 Å². The van der Waals surface area contributed by atoms with Crippen molar-refractivity contribution in [2.75, 3.05) is 172 Å². The topological polar surface area (TPSA) is 185 Å². The molecular formula is C60H73O18P. The average Bonchev–Trinajstić information content (AvgIpc) is 3.93. The van der Waals surface area contributed by atoms with Gasteiger partial charge in [0.2, 0.25) is 0 Å². The summed E-state index contributed by atoms with van der Waals surface area (Å²) in [5.41, 5.74) is 4.02. The molecule has 0 atom stereocenters. The number of phosphoric acid groups is 1. The molecule has 10 rings (SSSR count). The first kappa shape index (κ1) is 59.6. The minimum absolute atomic E-state index is 0.233. The third-order valence-electron chi connectivity index (χ3n) is 12.3. The second-order valence-electron chi connectivity index (χ2n) is 17.8. The van der Waals surface area contributed by atoms with Gasteiger partial charge in [-0.1, -0.05) is 84.9 Å². The van der Waals surface area contributed by atoms with Crippen molar-refractivity contribution in [3.05, 3.63) is 121 Å². The molecule has 426 valence electrons. The Balaban J connectivity index is 0.877. The molecule has 0 saturated carbocycles. The maximum absolute atomic E-state index is 14.2. The van der Waals surface area contributed by atoms with Crippen molar-refractivity contribution in [1.29, 1.82) is 0 Å². The van der Waals surface area contributed by atoms with E-state index in [1.165, 1.54) is 0 Å². The molecule has 79 heavy (non-hydrogen) atoms. The molecule has 0 spiro atoms. The van der Waals surface area contributed by atoms with Crippen LogP contribution >= 0.6 is 7.82 Å². The van der Waals surface area contributed by atoms with Crippen LogP contribution in [0.1, 0.15) is 0 Å². The third-order valence-corrected chi connectivity index (χ3v) is 13.1. The van der Waals surface area contributed by atoms with Crippen LogP contribution in [0.5, 0.6) is 23.0 Å². The summed E-state index contributed by atoms with van der Waals surface area (Å²) in [6, 6.07) is 34.9. The maximum atomic E-state index is 14.2. The summed E-state index contributed by atoms with van der Waals surface area (Å²) in [6.45, 7) is 11.5. The van der Waals surface area contributed by atoms with Gasteiger partial charge in [0.25, 0.3) is 0 Å². The first-order chi connectivity index (χ1) is 39.0.